The van der Waals surface area contributed by atoms with E-state index in [-0.39, 0.29) is 6.61 Å². The summed E-state index contributed by atoms with van der Waals surface area (Å²) >= 11 is 12.1. The van der Waals surface area contributed by atoms with Crippen LogP contribution >= 0.6 is 23.2 Å². The molecule has 2 aromatic heterocycles. The lowest BCUT2D eigenvalue weighted by molar-refractivity contribution is 0.0472. The summed E-state index contributed by atoms with van der Waals surface area (Å²) < 4.78 is 11.0. The summed E-state index contributed by atoms with van der Waals surface area (Å²) in [6.45, 7) is 0.0837. The molecule has 0 N–H and O–H groups in total. The van der Waals surface area contributed by atoms with Gasteiger partial charge in [0.25, 0.3) is 0 Å². The van der Waals surface area contributed by atoms with Gasteiger partial charge < -0.3 is 9.15 Å². The molecule has 2 aromatic carbocycles. The molecule has 0 fully saturated rings. The predicted molar refractivity (Wildman–Crippen MR) is 101 cm³/mol. The maximum absolute atomic E-state index is 12.3. The summed E-state index contributed by atoms with van der Waals surface area (Å²) in [5.74, 6) is -0.120. The Kier molecular flexibility index (Phi) is 4.75. The van der Waals surface area contributed by atoms with E-state index in [0.717, 1.165) is 0 Å². The van der Waals surface area contributed by atoms with E-state index in [0.29, 0.717) is 43.7 Å². The first-order valence-corrected chi connectivity index (χ1v) is 8.62. The second-order valence-electron chi connectivity index (χ2n) is 5.68. The van der Waals surface area contributed by atoms with Crippen molar-refractivity contribution >= 4 is 40.3 Å². The van der Waals surface area contributed by atoms with E-state index in [1.807, 2.05) is 0 Å². The molecule has 4 rings (SSSR count). The lowest BCUT2D eigenvalue weighted by Gasteiger charge is -2.03. The molecule has 0 aliphatic rings. The summed E-state index contributed by atoms with van der Waals surface area (Å²) in [7, 11) is 0. The first-order chi connectivity index (χ1) is 13.1. The monoisotopic (exact) mass is 399 g/mol. The molecule has 0 spiro atoms. The fourth-order valence-corrected chi connectivity index (χ4v) is 3.02. The summed E-state index contributed by atoms with van der Waals surface area (Å²) in [6.07, 6.45) is 4.58. The van der Waals surface area contributed by atoms with Gasteiger partial charge in [0.2, 0.25) is 5.89 Å². The fourth-order valence-electron chi connectivity index (χ4n) is 2.49. The topological polar surface area (TPSA) is 78.1 Å². The minimum atomic E-state index is -0.482. The Morgan fingerprint density at radius 2 is 1.78 bits per heavy atom. The van der Waals surface area contributed by atoms with Crippen LogP contribution in [0.3, 0.4) is 0 Å². The van der Waals surface area contributed by atoms with Gasteiger partial charge in [-0.1, -0.05) is 23.2 Å². The Bertz CT molecular complexity index is 1110. The quantitative estimate of drug-likeness (QED) is 0.451. The van der Waals surface area contributed by atoms with E-state index in [1.165, 1.54) is 6.33 Å². The highest BCUT2D eigenvalue weighted by molar-refractivity contribution is 6.35. The number of fused-ring (bicyclic) bond motifs is 1. The van der Waals surface area contributed by atoms with Crippen molar-refractivity contribution in [3.63, 3.8) is 0 Å². The number of aromatic nitrogens is 3. The highest BCUT2D eigenvalue weighted by atomic mass is 35.5. The molecule has 0 bridgehead atoms. The molecular weight excluding hydrogens is 389 g/mol. The highest BCUT2D eigenvalue weighted by Gasteiger charge is 2.14. The molecule has 0 saturated heterocycles. The minimum Gasteiger partial charge on any atom is -0.457 e. The number of oxazole rings is 1. The predicted octanol–water partition coefficient (Wildman–Crippen LogP) is 4.95. The molecule has 0 aliphatic carbocycles. The van der Waals surface area contributed by atoms with Crippen molar-refractivity contribution in [3.8, 4) is 11.5 Å². The molecule has 27 heavy (non-hydrogen) atoms. The smallest absolute Gasteiger partial charge is 0.338 e. The van der Waals surface area contributed by atoms with Gasteiger partial charge in [-0.2, -0.15) is 0 Å². The van der Waals surface area contributed by atoms with Crippen LogP contribution in [0.25, 0.3) is 22.6 Å². The van der Waals surface area contributed by atoms with Crippen molar-refractivity contribution in [1.82, 2.24) is 15.0 Å². The molecular formula is C19H11Cl2N3O3. The van der Waals surface area contributed by atoms with Crippen molar-refractivity contribution in [3.05, 3.63) is 76.3 Å². The van der Waals surface area contributed by atoms with Gasteiger partial charge in [0, 0.05) is 33.6 Å². The zero-order valence-corrected chi connectivity index (χ0v) is 15.2. The molecule has 4 aromatic rings. The Morgan fingerprint density at radius 3 is 2.52 bits per heavy atom. The van der Waals surface area contributed by atoms with Crippen LogP contribution in [0.5, 0.6) is 0 Å². The zero-order chi connectivity index (χ0) is 18.8. The molecule has 8 heteroatoms. The molecule has 0 atom stereocenters. The van der Waals surface area contributed by atoms with Crippen LogP contribution in [0.4, 0.5) is 0 Å². The van der Waals surface area contributed by atoms with Crippen molar-refractivity contribution in [2.24, 2.45) is 0 Å². The van der Waals surface area contributed by atoms with Crippen LogP contribution in [-0.2, 0) is 11.3 Å². The average molecular weight is 400 g/mol. The zero-order valence-electron chi connectivity index (χ0n) is 13.7. The van der Waals surface area contributed by atoms with Crippen LogP contribution in [-0.4, -0.2) is 20.9 Å². The summed E-state index contributed by atoms with van der Waals surface area (Å²) in [6, 6.07) is 9.94. The standard InChI is InChI=1S/C19H11Cl2N3O3/c20-14-3-13(4-15(21)6-14)18-24-16-2-1-12(5-17(16)27-18)19(25)26-9-11-7-22-10-23-8-11/h1-8,10H,9H2. The molecule has 6 nitrogen and oxygen atoms in total. The number of hydrogen-bond donors (Lipinski definition) is 0. The van der Waals surface area contributed by atoms with Crippen LogP contribution in [0.2, 0.25) is 10.0 Å². The van der Waals surface area contributed by atoms with Crippen molar-refractivity contribution in [2.45, 2.75) is 6.61 Å². The first kappa shape index (κ1) is 17.5. The maximum Gasteiger partial charge on any atom is 0.338 e. The Hall–Kier alpha value is -2.96. The number of rotatable bonds is 4. The van der Waals surface area contributed by atoms with Crippen LogP contribution in [0, 0.1) is 0 Å². The van der Waals surface area contributed by atoms with E-state index < -0.39 is 5.97 Å². The third-order valence-corrected chi connectivity index (χ3v) is 4.15. The number of benzene rings is 2. The van der Waals surface area contributed by atoms with Crippen molar-refractivity contribution in [2.75, 3.05) is 0 Å². The van der Waals surface area contributed by atoms with E-state index in [2.05, 4.69) is 15.0 Å². The van der Waals surface area contributed by atoms with Gasteiger partial charge in [-0.3, -0.25) is 0 Å². The van der Waals surface area contributed by atoms with Crippen molar-refractivity contribution in [1.29, 1.82) is 0 Å². The second-order valence-corrected chi connectivity index (χ2v) is 6.56. The van der Waals surface area contributed by atoms with Gasteiger partial charge >= 0.3 is 5.97 Å². The van der Waals surface area contributed by atoms with E-state index in [4.69, 9.17) is 32.4 Å². The van der Waals surface area contributed by atoms with Gasteiger partial charge in [0.15, 0.2) is 5.58 Å². The molecule has 2 heterocycles. The Balaban J connectivity index is 1.58. The molecule has 134 valence electrons. The maximum atomic E-state index is 12.3. The van der Waals surface area contributed by atoms with E-state index >= 15 is 0 Å². The minimum absolute atomic E-state index is 0.0837. The number of ether oxygens (including phenoxy) is 1. The fraction of sp³-hybridized carbons (Fsp3) is 0.0526. The van der Waals surface area contributed by atoms with Gasteiger partial charge in [0.05, 0.1) is 5.56 Å². The third-order valence-electron chi connectivity index (χ3n) is 3.72. The van der Waals surface area contributed by atoms with Gasteiger partial charge in [-0.25, -0.2) is 19.7 Å². The normalized spacial score (nSPS) is 10.9. The number of carbonyl (C=O) groups excluding carboxylic acids is 1. The van der Waals surface area contributed by atoms with Crippen LogP contribution in [0.15, 0.2) is 59.5 Å². The van der Waals surface area contributed by atoms with Gasteiger partial charge in [-0.15, -0.1) is 0 Å². The van der Waals surface area contributed by atoms with Crippen molar-refractivity contribution < 1.29 is 13.9 Å². The van der Waals surface area contributed by atoms with Gasteiger partial charge in [-0.05, 0) is 36.4 Å². The van der Waals surface area contributed by atoms with Crippen LogP contribution in [0.1, 0.15) is 15.9 Å². The lowest BCUT2D eigenvalue weighted by atomic mass is 10.2. The summed E-state index contributed by atoms with van der Waals surface area (Å²) in [4.78, 5) is 24.4. The molecule has 0 unspecified atom stereocenters. The Labute approximate surface area is 163 Å². The molecule has 0 amide bonds. The Morgan fingerprint density at radius 1 is 1.04 bits per heavy atom. The lowest BCUT2D eigenvalue weighted by Crippen LogP contribution is -2.05. The SMILES string of the molecule is O=C(OCc1cncnc1)c1ccc2nc(-c3cc(Cl)cc(Cl)c3)oc2c1. The third kappa shape index (κ3) is 3.92. The van der Waals surface area contributed by atoms with Crippen LogP contribution < -0.4 is 0 Å². The number of hydrogen-bond acceptors (Lipinski definition) is 6. The highest BCUT2D eigenvalue weighted by Crippen LogP contribution is 2.29. The number of carbonyl (C=O) groups is 1. The summed E-state index contributed by atoms with van der Waals surface area (Å²) in [5, 5.41) is 0.961. The average Bonchev–Trinajstić information content (AvgIpc) is 3.09. The molecule has 0 saturated carbocycles. The molecule has 0 aliphatic heterocycles. The largest absolute Gasteiger partial charge is 0.457 e. The van der Waals surface area contributed by atoms with E-state index in [9.17, 15) is 4.79 Å². The second kappa shape index (κ2) is 7.34. The number of nitrogens with zero attached hydrogens (tertiary/aromatic N) is 3. The molecule has 0 radical (unpaired) electrons. The van der Waals surface area contributed by atoms with E-state index in [1.54, 1.807) is 48.8 Å². The number of halogens is 2. The summed E-state index contributed by atoms with van der Waals surface area (Å²) in [5.41, 5.74) is 2.77. The van der Waals surface area contributed by atoms with Gasteiger partial charge in [0.1, 0.15) is 18.5 Å². The number of esters is 1. The first-order valence-electron chi connectivity index (χ1n) is 7.86.